The van der Waals surface area contributed by atoms with Crippen LogP contribution < -0.4 is 0 Å². The third-order valence-electron chi connectivity index (χ3n) is 0. The first-order chi connectivity index (χ1) is 7.15. The van der Waals surface area contributed by atoms with Crippen LogP contribution in [0.1, 0.15) is 83.1 Å². The summed E-state index contributed by atoms with van der Waals surface area (Å²) in [5.74, 6) is 0.833. The summed E-state index contributed by atoms with van der Waals surface area (Å²) in [4.78, 5) is 0. The molecule has 0 rings (SSSR count). The third kappa shape index (κ3) is 28000. The van der Waals surface area contributed by atoms with Crippen molar-refractivity contribution >= 4 is 0 Å². The summed E-state index contributed by atoms with van der Waals surface area (Å²) in [5, 5.41) is 0. The fourth-order valence-electron chi connectivity index (χ4n) is 0. The summed E-state index contributed by atoms with van der Waals surface area (Å²) in [6.45, 7) is 27.8. The highest BCUT2D eigenvalue weighted by Gasteiger charge is 1.68. The molecule has 0 heterocycles. The van der Waals surface area contributed by atoms with Crippen LogP contribution in [0.2, 0.25) is 0 Å². The third-order valence-corrected chi connectivity index (χ3v) is 0. The van der Waals surface area contributed by atoms with Gasteiger partial charge in [0.25, 0.3) is 0 Å². The molecule has 0 saturated heterocycles. The van der Waals surface area contributed by atoms with Gasteiger partial charge in [-0.2, -0.15) is 0 Å². The van der Waals surface area contributed by atoms with Crippen LogP contribution in [0.15, 0.2) is 12.7 Å². The van der Waals surface area contributed by atoms with Gasteiger partial charge in [0.1, 0.15) is 0 Å². The van der Waals surface area contributed by atoms with E-state index in [0.717, 1.165) is 5.92 Å². The van der Waals surface area contributed by atoms with E-state index in [2.05, 4.69) is 27.4 Å². The quantitative estimate of drug-likeness (QED) is 0.387. The average Bonchev–Trinajstić information content (AvgIpc) is 2.29. The average molecular weight is 220 g/mol. The van der Waals surface area contributed by atoms with Gasteiger partial charge >= 0.3 is 0 Å². The zero-order valence-corrected chi connectivity index (χ0v) is 13.9. The topological polar surface area (TPSA) is 0 Å². The van der Waals surface area contributed by atoms with Crippen molar-refractivity contribution < 1.29 is 0 Å². The molecule has 0 aromatic carbocycles. The number of hydrogen-bond donors (Lipinski definition) is 0. The second-order valence-electron chi connectivity index (χ2n) is 2.14. The van der Waals surface area contributed by atoms with Crippen molar-refractivity contribution in [2.45, 2.75) is 83.1 Å². The molecule has 0 aliphatic heterocycles. The molecule has 0 radical (unpaired) electrons. The van der Waals surface area contributed by atoms with Crippen LogP contribution in [-0.4, -0.2) is 0 Å². The Morgan fingerprint density at radius 1 is 0.667 bits per heavy atom. The van der Waals surface area contributed by atoms with E-state index in [1.807, 2.05) is 62.3 Å². The smallest absolute Gasteiger partial charge is 0.0473 e. The lowest BCUT2D eigenvalue weighted by molar-refractivity contribution is 0.737. The lowest BCUT2D eigenvalue weighted by atomic mass is 10.3. The molecule has 0 N–H and O–H groups in total. The molecule has 15 heavy (non-hydrogen) atoms. The molecule has 0 fully saturated rings. The first kappa shape index (κ1) is 36.4. The first-order valence-electron chi connectivity index (χ1n) is 6.72. The maximum atomic E-state index is 3.36. The molecule has 0 heteroatoms. The highest BCUT2D eigenvalue weighted by molar-refractivity contribution is 4.51. The zero-order chi connectivity index (χ0) is 14.3. The van der Waals surface area contributed by atoms with Gasteiger partial charge in [0.15, 0.2) is 0 Å². The normalized spacial score (nSPS) is 4.87. The highest BCUT2D eigenvalue weighted by atomic mass is 13.7. The molecule has 0 aliphatic carbocycles. The van der Waals surface area contributed by atoms with Gasteiger partial charge in [-0.3, -0.25) is 0 Å². The van der Waals surface area contributed by atoms with Crippen LogP contribution in [0.5, 0.6) is 0 Å². The van der Waals surface area contributed by atoms with Gasteiger partial charge in [-0.25, -0.2) is 0 Å². The van der Waals surface area contributed by atoms with Gasteiger partial charge in [0.2, 0.25) is 0 Å². The van der Waals surface area contributed by atoms with Gasteiger partial charge in [0, 0.05) is 0 Å². The summed E-state index contributed by atoms with van der Waals surface area (Å²) in [6.07, 6.45) is 1.75. The van der Waals surface area contributed by atoms with E-state index in [0.29, 0.717) is 0 Å². The van der Waals surface area contributed by atoms with Crippen molar-refractivity contribution in [3.05, 3.63) is 12.7 Å². The van der Waals surface area contributed by atoms with Gasteiger partial charge in [-0.1, -0.05) is 82.2 Å². The molecule has 0 unspecified atom stereocenters. The summed E-state index contributed by atoms with van der Waals surface area (Å²) >= 11 is 0. The molecule has 0 amide bonds. The number of rotatable bonds is 0. The van der Waals surface area contributed by atoms with Crippen molar-refractivity contribution in [3.8, 4) is 0 Å². The summed E-state index contributed by atoms with van der Waals surface area (Å²) in [6, 6.07) is 0. The monoisotopic (exact) mass is 220 g/mol. The maximum Gasteiger partial charge on any atom is -0.0473 e. The van der Waals surface area contributed by atoms with Crippen molar-refractivity contribution in [3.63, 3.8) is 0 Å². The Balaban J connectivity index is -0.0000000168. The van der Waals surface area contributed by atoms with Crippen LogP contribution in [0.4, 0.5) is 0 Å². The Morgan fingerprint density at radius 3 is 0.667 bits per heavy atom. The van der Waals surface area contributed by atoms with Crippen LogP contribution in [-0.2, 0) is 0 Å². The minimum Gasteiger partial charge on any atom is -0.103 e. The fourth-order valence-corrected chi connectivity index (χ4v) is 0. The molecule has 0 nitrogen and oxygen atoms in total. The molecular formula is C15H40. The Hall–Kier alpha value is -0.260. The van der Waals surface area contributed by atoms with Crippen LogP contribution in [0, 0.1) is 5.92 Å². The van der Waals surface area contributed by atoms with Gasteiger partial charge in [-0.15, -0.1) is 6.58 Å². The summed E-state index contributed by atoms with van der Waals surface area (Å²) in [5.41, 5.74) is 0. The second-order valence-corrected chi connectivity index (χ2v) is 2.14. The Kier molecular flexibility index (Phi) is 387. The van der Waals surface area contributed by atoms with Crippen LogP contribution in [0.3, 0.4) is 0 Å². The molecule has 0 aromatic rings. The van der Waals surface area contributed by atoms with E-state index in [1.54, 1.807) is 6.08 Å². The maximum absolute atomic E-state index is 3.36. The molecule has 100 valence electrons. The number of hydrogen-bond acceptors (Lipinski definition) is 0. The molecule has 0 bridgehead atoms. The molecule has 0 aliphatic rings. The van der Waals surface area contributed by atoms with Crippen molar-refractivity contribution in [2.24, 2.45) is 5.92 Å². The zero-order valence-electron chi connectivity index (χ0n) is 13.9. The van der Waals surface area contributed by atoms with E-state index >= 15 is 0 Å². The molecule has 0 atom stereocenters. The Bertz CT molecular complexity index is 24.3. The van der Waals surface area contributed by atoms with E-state index in [1.165, 1.54) is 0 Å². The predicted octanol–water partition coefficient (Wildman–Crippen LogP) is 6.96. The van der Waals surface area contributed by atoms with E-state index in [4.69, 9.17) is 0 Å². The molecule has 0 saturated carbocycles. The highest BCUT2D eigenvalue weighted by Crippen LogP contribution is 1.81. The SMILES string of the molecule is C=CC.CC.CC.CC.CC.CC(C)C. The lowest BCUT2D eigenvalue weighted by Gasteiger charge is -1.79. The van der Waals surface area contributed by atoms with Crippen molar-refractivity contribution in [2.75, 3.05) is 0 Å². The summed E-state index contributed by atoms with van der Waals surface area (Å²) in [7, 11) is 0. The van der Waals surface area contributed by atoms with Crippen molar-refractivity contribution in [1.82, 2.24) is 0 Å². The minimum atomic E-state index is 0.833. The molecule has 0 spiro atoms. The molecular weight excluding hydrogens is 180 g/mol. The van der Waals surface area contributed by atoms with E-state index in [9.17, 15) is 0 Å². The van der Waals surface area contributed by atoms with Crippen LogP contribution >= 0.6 is 0 Å². The largest absolute Gasteiger partial charge is 0.103 e. The Morgan fingerprint density at radius 2 is 0.667 bits per heavy atom. The lowest BCUT2D eigenvalue weighted by Crippen LogP contribution is -1.66. The van der Waals surface area contributed by atoms with Gasteiger partial charge in [0.05, 0.1) is 0 Å². The fraction of sp³-hybridized carbons (Fsp3) is 0.867. The Labute approximate surface area is 102 Å². The second kappa shape index (κ2) is 159. The van der Waals surface area contributed by atoms with Crippen LogP contribution in [0.25, 0.3) is 0 Å². The van der Waals surface area contributed by atoms with E-state index in [-0.39, 0.29) is 0 Å². The number of allylic oxidation sites excluding steroid dienone is 1. The summed E-state index contributed by atoms with van der Waals surface area (Å²) < 4.78 is 0. The van der Waals surface area contributed by atoms with Crippen molar-refractivity contribution in [1.29, 1.82) is 0 Å². The standard InChI is InChI=1S/C4H10.C3H6.4C2H6/c1-4(2)3;1-3-2;4*1-2/h4H,1-3H3;3H,1H2,2H3;4*1-2H3. The van der Waals surface area contributed by atoms with E-state index < -0.39 is 0 Å². The minimum absolute atomic E-state index is 0.833. The first-order valence-corrected chi connectivity index (χ1v) is 6.72. The molecule has 0 aromatic heterocycles. The van der Waals surface area contributed by atoms with Gasteiger partial charge < -0.3 is 0 Å². The predicted molar refractivity (Wildman–Crippen MR) is 81.8 cm³/mol. The van der Waals surface area contributed by atoms with Gasteiger partial charge in [-0.05, 0) is 12.8 Å².